The van der Waals surface area contributed by atoms with Crippen molar-refractivity contribution < 1.29 is 28.6 Å². The molecular formula is C51H98O6. The van der Waals surface area contributed by atoms with E-state index in [1.807, 2.05) is 0 Å². The fraction of sp³-hybridized carbons (Fsp3) is 0.941. The third-order valence-corrected chi connectivity index (χ3v) is 11.9. The predicted octanol–water partition coefficient (Wildman–Crippen LogP) is 16.3. The summed E-state index contributed by atoms with van der Waals surface area (Å²) in [6, 6.07) is 0. The maximum Gasteiger partial charge on any atom is 0.306 e. The summed E-state index contributed by atoms with van der Waals surface area (Å²) in [6.07, 6.45) is 46.7. The largest absolute Gasteiger partial charge is 0.462 e. The van der Waals surface area contributed by atoms with Gasteiger partial charge < -0.3 is 14.2 Å². The van der Waals surface area contributed by atoms with Crippen molar-refractivity contribution in [2.45, 2.75) is 291 Å². The van der Waals surface area contributed by atoms with Gasteiger partial charge in [-0.1, -0.05) is 246 Å². The Hall–Kier alpha value is -1.59. The number of hydrogen-bond donors (Lipinski definition) is 0. The Labute approximate surface area is 355 Å². The molecule has 0 aliphatic rings. The minimum Gasteiger partial charge on any atom is -0.462 e. The van der Waals surface area contributed by atoms with Crippen LogP contribution >= 0.6 is 0 Å². The first-order valence-electron chi connectivity index (χ1n) is 25.4. The second kappa shape index (κ2) is 45.5. The number of ether oxygens (including phenoxy) is 3. The van der Waals surface area contributed by atoms with Crippen LogP contribution in [0.5, 0.6) is 0 Å². The average molecular weight is 807 g/mol. The Balaban J connectivity index is 4.21. The van der Waals surface area contributed by atoms with Crippen LogP contribution in [-0.2, 0) is 28.6 Å². The van der Waals surface area contributed by atoms with E-state index in [1.54, 1.807) is 0 Å². The summed E-state index contributed by atoms with van der Waals surface area (Å²) in [4.78, 5) is 37.8. The third-order valence-electron chi connectivity index (χ3n) is 11.9. The van der Waals surface area contributed by atoms with E-state index in [-0.39, 0.29) is 31.1 Å². The molecule has 0 amide bonds. The molecule has 0 saturated carbocycles. The lowest BCUT2D eigenvalue weighted by Gasteiger charge is -2.18. The molecule has 0 fully saturated rings. The van der Waals surface area contributed by atoms with Crippen molar-refractivity contribution in [1.82, 2.24) is 0 Å². The summed E-state index contributed by atoms with van der Waals surface area (Å²) >= 11 is 0. The zero-order valence-electron chi connectivity index (χ0n) is 38.8. The monoisotopic (exact) mass is 807 g/mol. The molecule has 0 spiro atoms. The van der Waals surface area contributed by atoms with Gasteiger partial charge in [0.15, 0.2) is 6.10 Å². The van der Waals surface area contributed by atoms with Crippen molar-refractivity contribution in [3.8, 4) is 0 Å². The molecule has 0 radical (unpaired) electrons. The lowest BCUT2D eigenvalue weighted by molar-refractivity contribution is -0.167. The van der Waals surface area contributed by atoms with Crippen LogP contribution in [0.2, 0.25) is 0 Å². The fourth-order valence-corrected chi connectivity index (χ4v) is 7.66. The summed E-state index contributed by atoms with van der Waals surface area (Å²) in [6.45, 7) is 8.98. The Kier molecular flexibility index (Phi) is 44.2. The standard InChI is InChI=1S/C51H98O6/c1-5-8-10-12-14-16-18-19-20-21-22-23-24-25-26-28-30-35-39-43-50(53)56-46-48(57-51(54)44-40-36-32-31-33-37-41-47(4)7-3)45-55-49(52)42-38-34-29-27-17-15-13-11-9-6-2/h47-48H,5-46H2,1-4H3/t47?,48-/m1/s1. The number of carbonyl (C=O) groups is 3. The second-order valence-electron chi connectivity index (χ2n) is 17.7. The van der Waals surface area contributed by atoms with Crippen LogP contribution in [0.15, 0.2) is 0 Å². The molecule has 0 aliphatic carbocycles. The number of unbranched alkanes of at least 4 members (excludes halogenated alkanes) is 32. The normalized spacial score (nSPS) is 12.4. The Morgan fingerprint density at radius 1 is 0.351 bits per heavy atom. The fourth-order valence-electron chi connectivity index (χ4n) is 7.66. The van der Waals surface area contributed by atoms with Gasteiger partial charge in [0.25, 0.3) is 0 Å². The van der Waals surface area contributed by atoms with E-state index in [4.69, 9.17) is 14.2 Å². The number of hydrogen-bond acceptors (Lipinski definition) is 6. The molecule has 0 aliphatic heterocycles. The van der Waals surface area contributed by atoms with Crippen molar-refractivity contribution >= 4 is 17.9 Å². The molecule has 6 nitrogen and oxygen atoms in total. The Morgan fingerprint density at radius 3 is 0.912 bits per heavy atom. The van der Waals surface area contributed by atoms with Gasteiger partial charge in [-0.25, -0.2) is 0 Å². The Bertz CT molecular complexity index is 859. The van der Waals surface area contributed by atoms with Crippen molar-refractivity contribution in [3.63, 3.8) is 0 Å². The highest BCUT2D eigenvalue weighted by Gasteiger charge is 2.19. The first-order valence-corrected chi connectivity index (χ1v) is 25.4. The first kappa shape index (κ1) is 55.4. The molecule has 0 N–H and O–H groups in total. The molecule has 6 heteroatoms. The first-order chi connectivity index (χ1) is 27.9. The molecule has 0 heterocycles. The van der Waals surface area contributed by atoms with Gasteiger partial charge in [-0.2, -0.15) is 0 Å². The molecule has 2 atom stereocenters. The smallest absolute Gasteiger partial charge is 0.306 e. The summed E-state index contributed by atoms with van der Waals surface area (Å²) < 4.78 is 16.8. The van der Waals surface area contributed by atoms with Crippen LogP contribution < -0.4 is 0 Å². The van der Waals surface area contributed by atoms with Gasteiger partial charge in [0.1, 0.15) is 13.2 Å². The molecular weight excluding hydrogens is 709 g/mol. The number of esters is 3. The van der Waals surface area contributed by atoms with Crippen LogP contribution in [-0.4, -0.2) is 37.2 Å². The molecule has 0 bridgehead atoms. The van der Waals surface area contributed by atoms with Gasteiger partial charge in [0.05, 0.1) is 0 Å². The van der Waals surface area contributed by atoms with E-state index in [0.717, 1.165) is 63.7 Å². The lowest BCUT2D eigenvalue weighted by Crippen LogP contribution is -2.30. The van der Waals surface area contributed by atoms with Crippen LogP contribution in [0.4, 0.5) is 0 Å². The SMILES string of the molecule is CCCCCCCCCCCCCCCCCCCCCC(=O)OC[C@@H](COC(=O)CCCCCCCCCCCC)OC(=O)CCCCCCCCC(C)CC. The molecule has 338 valence electrons. The maximum atomic E-state index is 12.7. The van der Waals surface area contributed by atoms with Crippen molar-refractivity contribution in [3.05, 3.63) is 0 Å². The quantitative estimate of drug-likeness (QED) is 0.0346. The van der Waals surface area contributed by atoms with Gasteiger partial charge >= 0.3 is 17.9 Å². The van der Waals surface area contributed by atoms with E-state index in [0.29, 0.717) is 19.3 Å². The third kappa shape index (κ3) is 43.8. The van der Waals surface area contributed by atoms with Crippen LogP contribution in [0.25, 0.3) is 0 Å². The predicted molar refractivity (Wildman–Crippen MR) is 243 cm³/mol. The summed E-state index contributed by atoms with van der Waals surface area (Å²) in [5, 5.41) is 0. The molecule has 1 unspecified atom stereocenters. The second-order valence-corrected chi connectivity index (χ2v) is 17.7. The van der Waals surface area contributed by atoms with Crippen molar-refractivity contribution in [1.29, 1.82) is 0 Å². The summed E-state index contributed by atoms with van der Waals surface area (Å²) in [5.41, 5.74) is 0. The van der Waals surface area contributed by atoms with Crippen molar-refractivity contribution in [2.24, 2.45) is 5.92 Å². The Morgan fingerprint density at radius 2 is 0.614 bits per heavy atom. The zero-order chi connectivity index (χ0) is 41.7. The molecule has 57 heavy (non-hydrogen) atoms. The average Bonchev–Trinajstić information content (AvgIpc) is 3.21. The molecule has 0 saturated heterocycles. The van der Waals surface area contributed by atoms with Gasteiger partial charge in [-0.05, 0) is 25.2 Å². The highest BCUT2D eigenvalue weighted by Crippen LogP contribution is 2.17. The lowest BCUT2D eigenvalue weighted by atomic mass is 10.00. The maximum absolute atomic E-state index is 12.7. The molecule has 0 aromatic rings. The van der Waals surface area contributed by atoms with Crippen LogP contribution in [0.3, 0.4) is 0 Å². The highest BCUT2D eigenvalue weighted by molar-refractivity contribution is 5.71. The van der Waals surface area contributed by atoms with E-state index in [1.165, 1.54) is 180 Å². The topological polar surface area (TPSA) is 78.9 Å². The van der Waals surface area contributed by atoms with Gasteiger partial charge in [0.2, 0.25) is 0 Å². The van der Waals surface area contributed by atoms with Crippen LogP contribution in [0.1, 0.15) is 285 Å². The van der Waals surface area contributed by atoms with E-state index >= 15 is 0 Å². The van der Waals surface area contributed by atoms with E-state index < -0.39 is 6.10 Å². The molecule has 0 rings (SSSR count). The summed E-state index contributed by atoms with van der Waals surface area (Å²) in [7, 11) is 0. The van der Waals surface area contributed by atoms with Crippen LogP contribution in [0, 0.1) is 5.92 Å². The number of carbonyl (C=O) groups excluding carboxylic acids is 3. The van der Waals surface area contributed by atoms with E-state index in [9.17, 15) is 14.4 Å². The van der Waals surface area contributed by atoms with Gasteiger partial charge in [-0.3, -0.25) is 14.4 Å². The number of rotatable bonds is 46. The molecule has 0 aromatic heterocycles. The van der Waals surface area contributed by atoms with Gasteiger partial charge in [-0.15, -0.1) is 0 Å². The highest BCUT2D eigenvalue weighted by atomic mass is 16.6. The van der Waals surface area contributed by atoms with Crippen molar-refractivity contribution in [2.75, 3.05) is 13.2 Å². The minimum absolute atomic E-state index is 0.0641. The zero-order valence-corrected chi connectivity index (χ0v) is 38.8. The van der Waals surface area contributed by atoms with Gasteiger partial charge in [0, 0.05) is 19.3 Å². The summed E-state index contributed by atoms with van der Waals surface area (Å²) in [5.74, 6) is -0.0424. The minimum atomic E-state index is -0.760. The van der Waals surface area contributed by atoms with E-state index in [2.05, 4.69) is 27.7 Å². The molecule has 0 aromatic carbocycles.